The van der Waals surface area contributed by atoms with E-state index in [1.165, 1.54) is 6.92 Å². The van der Waals surface area contributed by atoms with E-state index in [1.807, 2.05) is 53.4 Å². The molecule has 0 aliphatic carbocycles. The Balaban J connectivity index is 1.75. The number of aromatic nitrogens is 1. The van der Waals surface area contributed by atoms with Crippen LogP contribution in [-0.4, -0.2) is 23.4 Å². The Morgan fingerprint density at radius 3 is 2.19 bits per heavy atom. The second kappa shape index (κ2) is 8.36. The van der Waals surface area contributed by atoms with E-state index in [4.69, 9.17) is 4.74 Å². The third-order valence-corrected chi connectivity index (χ3v) is 4.44. The molecule has 0 unspecified atom stereocenters. The SMILES string of the molecule is COc1ccc([C@@H](CC(=O)Nc2ccc(C(C)=O)cc2)n2cccc2)cc1. The van der Waals surface area contributed by atoms with Gasteiger partial charge in [0, 0.05) is 23.6 Å². The van der Waals surface area contributed by atoms with Crippen molar-refractivity contribution < 1.29 is 14.3 Å². The summed E-state index contributed by atoms with van der Waals surface area (Å²) in [5.74, 6) is 0.681. The lowest BCUT2D eigenvalue weighted by Gasteiger charge is -2.20. The molecule has 1 aromatic heterocycles. The fourth-order valence-corrected chi connectivity index (χ4v) is 2.95. The summed E-state index contributed by atoms with van der Waals surface area (Å²) in [6, 6.07) is 18.4. The molecule has 3 aromatic rings. The van der Waals surface area contributed by atoms with Gasteiger partial charge in [0.2, 0.25) is 5.91 Å². The number of methoxy groups -OCH3 is 1. The highest BCUT2D eigenvalue weighted by Gasteiger charge is 2.18. The van der Waals surface area contributed by atoms with Crippen molar-refractivity contribution in [1.29, 1.82) is 0 Å². The third-order valence-electron chi connectivity index (χ3n) is 4.44. The summed E-state index contributed by atoms with van der Waals surface area (Å²) in [6.07, 6.45) is 4.18. The first kappa shape index (κ1) is 18.5. The Hall–Kier alpha value is -3.34. The highest BCUT2D eigenvalue weighted by Crippen LogP contribution is 2.25. The van der Waals surface area contributed by atoms with Gasteiger partial charge in [-0.2, -0.15) is 0 Å². The maximum atomic E-state index is 12.6. The Morgan fingerprint density at radius 1 is 1.00 bits per heavy atom. The predicted molar refractivity (Wildman–Crippen MR) is 105 cm³/mol. The van der Waals surface area contributed by atoms with Crippen molar-refractivity contribution in [2.24, 2.45) is 0 Å². The van der Waals surface area contributed by atoms with Gasteiger partial charge in [-0.3, -0.25) is 9.59 Å². The molecule has 1 atom stereocenters. The molecule has 3 rings (SSSR count). The van der Waals surface area contributed by atoms with Gasteiger partial charge >= 0.3 is 0 Å². The molecule has 1 heterocycles. The van der Waals surface area contributed by atoms with Crippen molar-refractivity contribution >= 4 is 17.4 Å². The van der Waals surface area contributed by atoms with Gasteiger partial charge in [0.25, 0.3) is 0 Å². The van der Waals surface area contributed by atoms with Gasteiger partial charge in [0.1, 0.15) is 5.75 Å². The number of nitrogens with one attached hydrogen (secondary N) is 1. The Labute approximate surface area is 158 Å². The number of anilines is 1. The van der Waals surface area contributed by atoms with E-state index in [1.54, 1.807) is 31.4 Å². The normalized spacial score (nSPS) is 11.6. The quantitative estimate of drug-likeness (QED) is 0.637. The molecule has 5 heteroatoms. The number of Topliss-reactive ketones (excluding diaryl/α,β-unsaturated/α-hetero) is 1. The topological polar surface area (TPSA) is 60.3 Å². The van der Waals surface area contributed by atoms with E-state index in [-0.39, 0.29) is 24.2 Å². The van der Waals surface area contributed by atoms with E-state index in [2.05, 4.69) is 5.32 Å². The lowest BCUT2D eigenvalue weighted by Crippen LogP contribution is -2.19. The van der Waals surface area contributed by atoms with Crippen LogP contribution in [0, 0.1) is 0 Å². The summed E-state index contributed by atoms with van der Waals surface area (Å²) in [4.78, 5) is 24.0. The summed E-state index contributed by atoms with van der Waals surface area (Å²) in [6.45, 7) is 1.52. The summed E-state index contributed by atoms with van der Waals surface area (Å²) >= 11 is 0. The van der Waals surface area contributed by atoms with Crippen molar-refractivity contribution in [3.05, 3.63) is 84.2 Å². The summed E-state index contributed by atoms with van der Waals surface area (Å²) in [7, 11) is 1.63. The number of hydrogen-bond acceptors (Lipinski definition) is 3. The molecular weight excluding hydrogens is 340 g/mol. The van der Waals surface area contributed by atoms with Crippen LogP contribution < -0.4 is 10.1 Å². The molecule has 138 valence electrons. The van der Waals surface area contributed by atoms with Crippen LogP contribution in [0.2, 0.25) is 0 Å². The number of amides is 1. The summed E-state index contributed by atoms with van der Waals surface area (Å²) in [5.41, 5.74) is 2.32. The number of carbonyl (C=O) groups excluding carboxylic acids is 2. The van der Waals surface area contributed by atoms with Crippen molar-refractivity contribution in [2.45, 2.75) is 19.4 Å². The zero-order valence-corrected chi connectivity index (χ0v) is 15.4. The van der Waals surface area contributed by atoms with E-state index >= 15 is 0 Å². The molecule has 1 amide bonds. The minimum atomic E-state index is -0.123. The highest BCUT2D eigenvalue weighted by molar-refractivity contribution is 5.95. The second-order valence-electron chi connectivity index (χ2n) is 6.31. The monoisotopic (exact) mass is 362 g/mol. The standard InChI is InChI=1S/C22H22N2O3/c1-16(25)17-5-9-19(10-6-17)23-22(26)15-21(24-13-3-4-14-24)18-7-11-20(27-2)12-8-18/h3-14,21H,15H2,1-2H3,(H,23,26)/t21-/m1/s1. The molecule has 0 aliphatic rings. The number of benzene rings is 2. The van der Waals surface area contributed by atoms with Crippen LogP contribution in [0.5, 0.6) is 5.75 Å². The second-order valence-corrected chi connectivity index (χ2v) is 6.31. The van der Waals surface area contributed by atoms with Gasteiger partial charge in [-0.1, -0.05) is 12.1 Å². The summed E-state index contributed by atoms with van der Waals surface area (Å²) < 4.78 is 7.23. The average Bonchev–Trinajstić information content (AvgIpc) is 3.21. The minimum Gasteiger partial charge on any atom is -0.497 e. The van der Waals surface area contributed by atoms with Crippen molar-refractivity contribution in [3.63, 3.8) is 0 Å². The molecular formula is C22H22N2O3. The van der Waals surface area contributed by atoms with Gasteiger partial charge in [-0.25, -0.2) is 0 Å². The highest BCUT2D eigenvalue weighted by atomic mass is 16.5. The first-order valence-corrected chi connectivity index (χ1v) is 8.74. The molecule has 0 spiro atoms. The van der Waals surface area contributed by atoms with Crippen LogP contribution in [0.4, 0.5) is 5.69 Å². The van der Waals surface area contributed by atoms with Gasteiger partial charge in [0.15, 0.2) is 5.78 Å². The maximum absolute atomic E-state index is 12.6. The first-order valence-electron chi connectivity index (χ1n) is 8.74. The van der Waals surface area contributed by atoms with Crippen LogP contribution >= 0.6 is 0 Å². The number of nitrogens with zero attached hydrogens (tertiary/aromatic N) is 1. The number of hydrogen-bond donors (Lipinski definition) is 1. The number of rotatable bonds is 7. The van der Waals surface area contributed by atoms with Crippen LogP contribution in [0.1, 0.15) is 35.3 Å². The Kier molecular flexibility index (Phi) is 5.71. The minimum absolute atomic E-state index is 0.0000501. The van der Waals surface area contributed by atoms with E-state index in [9.17, 15) is 9.59 Å². The fourth-order valence-electron chi connectivity index (χ4n) is 2.95. The molecule has 0 saturated carbocycles. The largest absolute Gasteiger partial charge is 0.497 e. The first-order chi connectivity index (χ1) is 13.1. The molecule has 2 aromatic carbocycles. The van der Waals surface area contributed by atoms with Crippen LogP contribution in [0.25, 0.3) is 0 Å². The van der Waals surface area contributed by atoms with E-state index in [0.717, 1.165) is 11.3 Å². The molecule has 0 radical (unpaired) electrons. The number of carbonyl (C=O) groups is 2. The summed E-state index contributed by atoms with van der Waals surface area (Å²) in [5, 5.41) is 2.90. The van der Waals surface area contributed by atoms with Crippen LogP contribution in [0.3, 0.4) is 0 Å². The van der Waals surface area contributed by atoms with E-state index < -0.39 is 0 Å². The maximum Gasteiger partial charge on any atom is 0.226 e. The molecule has 0 aliphatic heterocycles. The number of ether oxygens (including phenoxy) is 1. The van der Waals surface area contributed by atoms with E-state index in [0.29, 0.717) is 11.3 Å². The molecule has 0 bridgehead atoms. The zero-order chi connectivity index (χ0) is 19.2. The molecule has 0 fully saturated rings. The molecule has 5 nitrogen and oxygen atoms in total. The number of ketones is 1. The van der Waals surface area contributed by atoms with Crippen LogP contribution in [-0.2, 0) is 4.79 Å². The van der Waals surface area contributed by atoms with Gasteiger partial charge in [0.05, 0.1) is 19.6 Å². The lowest BCUT2D eigenvalue weighted by atomic mass is 10.0. The molecule has 0 saturated heterocycles. The molecule has 27 heavy (non-hydrogen) atoms. The molecule has 1 N–H and O–H groups in total. The van der Waals surface area contributed by atoms with Crippen LogP contribution in [0.15, 0.2) is 73.1 Å². The predicted octanol–water partition coefficient (Wildman–Crippen LogP) is 4.32. The fraction of sp³-hybridized carbons (Fsp3) is 0.182. The van der Waals surface area contributed by atoms with Gasteiger partial charge in [-0.15, -0.1) is 0 Å². The zero-order valence-electron chi connectivity index (χ0n) is 15.4. The average molecular weight is 362 g/mol. The Bertz CT molecular complexity index is 898. The van der Waals surface area contributed by atoms with Gasteiger partial charge < -0.3 is 14.6 Å². The smallest absolute Gasteiger partial charge is 0.226 e. The third kappa shape index (κ3) is 4.64. The van der Waals surface area contributed by atoms with Crippen molar-refractivity contribution in [1.82, 2.24) is 4.57 Å². The van der Waals surface area contributed by atoms with Crippen molar-refractivity contribution in [2.75, 3.05) is 12.4 Å². The van der Waals surface area contributed by atoms with Gasteiger partial charge in [-0.05, 0) is 61.0 Å². The Morgan fingerprint density at radius 2 is 1.63 bits per heavy atom. The lowest BCUT2D eigenvalue weighted by molar-refractivity contribution is -0.116. The van der Waals surface area contributed by atoms with Crippen molar-refractivity contribution in [3.8, 4) is 5.75 Å².